The number of hydrogen-bond donors (Lipinski definition) is 1. The van der Waals surface area contributed by atoms with E-state index in [0.717, 1.165) is 43.9 Å². The smallest absolute Gasteiger partial charge is 0.231 e. The van der Waals surface area contributed by atoms with Crippen molar-refractivity contribution in [3.8, 4) is 23.1 Å². The maximum Gasteiger partial charge on any atom is 0.231 e. The lowest BCUT2D eigenvalue weighted by Gasteiger charge is -2.35. The topological polar surface area (TPSA) is 73.3 Å². The molecule has 7 heteroatoms. The molecule has 0 spiro atoms. The van der Waals surface area contributed by atoms with Gasteiger partial charge in [0.2, 0.25) is 12.7 Å². The Labute approximate surface area is 170 Å². The number of hydrogen-bond acceptors (Lipinski definition) is 7. The fourth-order valence-corrected chi connectivity index (χ4v) is 4.76. The largest absolute Gasteiger partial charge is 0.488 e. The lowest BCUT2D eigenvalue weighted by atomic mass is 9.78. The maximum atomic E-state index is 10.7. The molecule has 1 aliphatic carbocycles. The number of nitrogens with zero attached hydrogens (tertiary/aromatic N) is 2. The van der Waals surface area contributed by atoms with Gasteiger partial charge in [0.1, 0.15) is 11.9 Å². The van der Waals surface area contributed by atoms with E-state index in [2.05, 4.69) is 9.88 Å². The molecule has 3 aliphatic rings. The predicted octanol–water partition coefficient (Wildman–Crippen LogP) is 2.47. The van der Waals surface area contributed by atoms with E-state index in [-0.39, 0.29) is 12.9 Å². The quantitative estimate of drug-likeness (QED) is 0.829. The number of benzene rings is 1. The Kier molecular flexibility index (Phi) is 4.93. The van der Waals surface area contributed by atoms with Crippen LogP contribution in [0.4, 0.5) is 0 Å². The minimum absolute atomic E-state index is 0.202. The molecule has 5 rings (SSSR count). The van der Waals surface area contributed by atoms with Gasteiger partial charge in [0.15, 0.2) is 11.5 Å². The summed E-state index contributed by atoms with van der Waals surface area (Å²) in [7, 11) is 1.64. The van der Waals surface area contributed by atoms with Gasteiger partial charge >= 0.3 is 0 Å². The molecule has 0 amide bonds. The molecular weight excluding hydrogens is 372 g/mol. The summed E-state index contributed by atoms with van der Waals surface area (Å²) in [6, 6.07) is 11.4. The minimum Gasteiger partial charge on any atom is -0.488 e. The molecule has 1 saturated heterocycles. The highest BCUT2D eigenvalue weighted by atomic mass is 16.7. The average Bonchev–Trinajstić information content (AvgIpc) is 3.34. The van der Waals surface area contributed by atoms with Gasteiger partial charge in [-0.3, -0.25) is 4.90 Å². The van der Waals surface area contributed by atoms with Crippen LogP contribution in [0.15, 0.2) is 36.4 Å². The predicted molar refractivity (Wildman–Crippen MR) is 105 cm³/mol. The van der Waals surface area contributed by atoms with Crippen molar-refractivity contribution < 1.29 is 24.1 Å². The van der Waals surface area contributed by atoms with Gasteiger partial charge < -0.3 is 24.1 Å². The molecule has 4 atom stereocenters. The Morgan fingerprint density at radius 1 is 1.10 bits per heavy atom. The molecular formula is C22H26N2O5. The molecule has 1 saturated carbocycles. The maximum absolute atomic E-state index is 10.7. The van der Waals surface area contributed by atoms with Crippen LogP contribution < -0.4 is 18.9 Å². The zero-order valence-corrected chi connectivity index (χ0v) is 16.5. The lowest BCUT2D eigenvalue weighted by molar-refractivity contribution is -0.0232. The number of methoxy groups -OCH3 is 1. The first kappa shape index (κ1) is 18.5. The van der Waals surface area contributed by atoms with Crippen LogP contribution in [-0.4, -0.2) is 54.2 Å². The zero-order chi connectivity index (χ0) is 19.8. The monoisotopic (exact) mass is 398 g/mol. The molecule has 7 nitrogen and oxygen atoms in total. The van der Waals surface area contributed by atoms with Crippen molar-refractivity contribution >= 4 is 0 Å². The second-order valence-corrected chi connectivity index (χ2v) is 8.10. The second-order valence-electron chi connectivity index (χ2n) is 8.10. The lowest BCUT2D eigenvalue weighted by Crippen LogP contribution is -2.42. The number of likely N-dealkylation sites (tertiary alicyclic amines) is 1. The number of rotatable bonds is 5. The van der Waals surface area contributed by atoms with E-state index in [1.807, 2.05) is 36.4 Å². The number of aliphatic hydroxyl groups is 1. The first-order valence-corrected chi connectivity index (χ1v) is 10.1. The summed E-state index contributed by atoms with van der Waals surface area (Å²) >= 11 is 0. The van der Waals surface area contributed by atoms with Crippen LogP contribution in [0.3, 0.4) is 0 Å². The molecule has 0 bridgehead atoms. The Hall–Kier alpha value is -2.51. The third kappa shape index (κ3) is 3.84. The fourth-order valence-electron chi connectivity index (χ4n) is 4.76. The van der Waals surface area contributed by atoms with Gasteiger partial charge in [-0.05, 0) is 42.9 Å². The standard InChI is InChI=1S/C22H26N2O5/c1-26-22-4-2-3-16(23-22)12-24-10-14-7-18(25)20(8-15(14)11-24)29-17-5-6-19-21(9-17)28-13-27-19/h2-6,9,14-15,18,20,25H,7-8,10-13H2,1H3/t14-,15+,18+,20+/m0/s1. The van der Waals surface area contributed by atoms with Crippen molar-refractivity contribution in [2.75, 3.05) is 27.0 Å². The first-order valence-electron chi connectivity index (χ1n) is 10.1. The van der Waals surface area contributed by atoms with Crippen molar-refractivity contribution in [3.05, 3.63) is 42.1 Å². The van der Waals surface area contributed by atoms with E-state index in [1.165, 1.54) is 0 Å². The molecule has 29 heavy (non-hydrogen) atoms. The van der Waals surface area contributed by atoms with Crippen LogP contribution in [0.1, 0.15) is 18.5 Å². The summed E-state index contributed by atoms with van der Waals surface area (Å²) in [5, 5.41) is 10.7. The molecule has 0 unspecified atom stereocenters. The molecule has 2 aliphatic heterocycles. The van der Waals surface area contributed by atoms with Gasteiger partial charge in [-0.15, -0.1) is 0 Å². The van der Waals surface area contributed by atoms with Crippen molar-refractivity contribution in [1.82, 2.24) is 9.88 Å². The Balaban J connectivity index is 1.22. The van der Waals surface area contributed by atoms with Gasteiger partial charge in [0.05, 0.1) is 18.9 Å². The Bertz CT molecular complexity index is 876. The number of aromatic nitrogens is 1. The second kappa shape index (κ2) is 7.72. The molecule has 154 valence electrons. The number of ether oxygens (including phenoxy) is 4. The highest BCUT2D eigenvalue weighted by Gasteiger charge is 2.42. The molecule has 3 heterocycles. The summed E-state index contributed by atoms with van der Waals surface area (Å²) in [4.78, 5) is 6.95. The molecule has 1 aromatic carbocycles. The van der Waals surface area contributed by atoms with Crippen molar-refractivity contribution in [2.45, 2.75) is 31.6 Å². The third-order valence-corrected chi connectivity index (χ3v) is 6.17. The van der Waals surface area contributed by atoms with E-state index in [9.17, 15) is 5.11 Å². The van der Waals surface area contributed by atoms with Crippen LogP contribution in [0.5, 0.6) is 23.1 Å². The van der Waals surface area contributed by atoms with E-state index < -0.39 is 6.10 Å². The Morgan fingerprint density at radius 3 is 2.79 bits per heavy atom. The van der Waals surface area contributed by atoms with Crippen molar-refractivity contribution in [1.29, 1.82) is 0 Å². The SMILES string of the molecule is COc1cccc(CN2C[C@H]3C[C@@H](Oc4ccc5c(c4)OCO5)[C@H](O)C[C@H]3C2)n1. The van der Waals surface area contributed by atoms with Crippen LogP contribution in [-0.2, 0) is 6.54 Å². The first-order chi connectivity index (χ1) is 14.2. The average molecular weight is 398 g/mol. The highest BCUT2D eigenvalue weighted by Crippen LogP contribution is 2.40. The van der Waals surface area contributed by atoms with E-state index in [1.54, 1.807) is 7.11 Å². The third-order valence-electron chi connectivity index (χ3n) is 6.17. The highest BCUT2D eigenvalue weighted by molar-refractivity contribution is 5.47. The van der Waals surface area contributed by atoms with Gasteiger partial charge in [0.25, 0.3) is 0 Å². The van der Waals surface area contributed by atoms with Crippen LogP contribution in [0, 0.1) is 11.8 Å². The van der Waals surface area contributed by atoms with Crippen LogP contribution in [0.2, 0.25) is 0 Å². The van der Waals surface area contributed by atoms with Crippen LogP contribution >= 0.6 is 0 Å². The van der Waals surface area contributed by atoms with Crippen molar-refractivity contribution in [3.63, 3.8) is 0 Å². The number of pyridine rings is 1. The summed E-state index contributed by atoms with van der Waals surface area (Å²) in [5.41, 5.74) is 1.01. The molecule has 1 N–H and O–H groups in total. The fraction of sp³-hybridized carbons (Fsp3) is 0.500. The van der Waals surface area contributed by atoms with E-state index >= 15 is 0 Å². The molecule has 1 aromatic heterocycles. The van der Waals surface area contributed by atoms with Gasteiger partial charge in [-0.25, -0.2) is 4.98 Å². The van der Waals surface area contributed by atoms with Crippen LogP contribution in [0.25, 0.3) is 0 Å². The van der Waals surface area contributed by atoms with E-state index in [0.29, 0.717) is 29.2 Å². The van der Waals surface area contributed by atoms with Gasteiger partial charge in [-0.1, -0.05) is 6.07 Å². The summed E-state index contributed by atoms with van der Waals surface area (Å²) in [6.45, 7) is 3.02. The number of fused-ring (bicyclic) bond motifs is 2. The van der Waals surface area contributed by atoms with Gasteiger partial charge in [0, 0.05) is 31.8 Å². The summed E-state index contributed by atoms with van der Waals surface area (Å²) in [6.07, 6.45) is 0.952. The zero-order valence-electron chi connectivity index (χ0n) is 16.5. The van der Waals surface area contributed by atoms with Crippen molar-refractivity contribution in [2.24, 2.45) is 11.8 Å². The van der Waals surface area contributed by atoms with Gasteiger partial charge in [-0.2, -0.15) is 0 Å². The molecule has 2 fully saturated rings. The Morgan fingerprint density at radius 2 is 1.93 bits per heavy atom. The summed E-state index contributed by atoms with van der Waals surface area (Å²) < 4.78 is 22.2. The normalized spacial score (nSPS) is 28.2. The number of aliphatic hydroxyl groups excluding tert-OH is 1. The van der Waals surface area contributed by atoms with E-state index in [4.69, 9.17) is 18.9 Å². The molecule has 2 aromatic rings. The minimum atomic E-state index is -0.462. The summed E-state index contributed by atoms with van der Waals surface area (Å²) in [5.74, 6) is 3.80. The molecule has 0 radical (unpaired) electrons.